The number of rotatable bonds is 5. The number of halogens is 2. The summed E-state index contributed by atoms with van der Waals surface area (Å²) in [5.74, 6) is -1.49. The van der Waals surface area contributed by atoms with E-state index in [1.807, 2.05) is 6.92 Å². The van der Waals surface area contributed by atoms with Gasteiger partial charge in [0, 0.05) is 18.2 Å². The molecule has 2 aromatic carbocycles. The minimum absolute atomic E-state index is 0.0398. The van der Waals surface area contributed by atoms with Crippen molar-refractivity contribution in [2.24, 2.45) is 7.05 Å². The van der Waals surface area contributed by atoms with Crippen LogP contribution >= 0.6 is 0 Å². The fourth-order valence-electron chi connectivity index (χ4n) is 3.22. The maximum atomic E-state index is 14.0. The second-order valence-electron chi connectivity index (χ2n) is 7.44. The predicted octanol–water partition coefficient (Wildman–Crippen LogP) is 2.50. The van der Waals surface area contributed by atoms with Crippen LogP contribution in [-0.4, -0.2) is 23.1 Å². The molecule has 0 bridgehead atoms. The minimum atomic E-state index is -3.73. The molecule has 0 amide bonds. The summed E-state index contributed by atoms with van der Waals surface area (Å²) in [4.78, 5) is 12.7. The van der Waals surface area contributed by atoms with Crippen LogP contribution in [-0.2, 0) is 23.6 Å². The molecule has 0 spiro atoms. The maximum Gasteiger partial charge on any atom is 0.329 e. The number of imidazole rings is 1. The average molecular weight is 407 g/mol. The molecule has 1 N–H and O–H groups in total. The van der Waals surface area contributed by atoms with Crippen molar-refractivity contribution in [2.75, 3.05) is 0 Å². The summed E-state index contributed by atoms with van der Waals surface area (Å²) >= 11 is 0. The van der Waals surface area contributed by atoms with E-state index in [4.69, 9.17) is 0 Å². The van der Waals surface area contributed by atoms with E-state index >= 15 is 0 Å². The first-order chi connectivity index (χ1) is 13.1. The molecule has 0 saturated heterocycles. The van der Waals surface area contributed by atoms with Crippen LogP contribution < -0.4 is 10.4 Å². The molecule has 148 valence electrons. The smallest absolute Gasteiger partial charge is 0.295 e. The number of aryl methyl sites for hydroxylation is 1. The standard InChI is InChI=1S/C19H19F2N3O3S/c1-19(8-9-19)22-28(26,27)12-6-7-16-17(10-12)23(2)18(25)24(16)11-13-14(20)4-3-5-15(13)21/h3-7,10,22H,8-9,11H2,1-2H3. The highest BCUT2D eigenvalue weighted by Crippen LogP contribution is 2.36. The number of sulfonamides is 1. The minimum Gasteiger partial charge on any atom is -0.295 e. The fourth-order valence-corrected chi connectivity index (χ4v) is 4.71. The number of nitrogens with zero attached hydrogens (tertiary/aromatic N) is 2. The number of aromatic nitrogens is 2. The molecule has 4 rings (SSSR count). The Bertz CT molecular complexity index is 1240. The summed E-state index contributed by atoms with van der Waals surface area (Å²) in [7, 11) is -2.24. The Balaban J connectivity index is 1.80. The molecule has 1 aliphatic rings. The summed E-state index contributed by atoms with van der Waals surface area (Å²) in [6.07, 6.45) is 1.55. The third kappa shape index (κ3) is 3.14. The molecule has 1 heterocycles. The van der Waals surface area contributed by atoms with Gasteiger partial charge in [-0.15, -0.1) is 0 Å². The van der Waals surface area contributed by atoms with Gasteiger partial charge in [-0.3, -0.25) is 9.13 Å². The van der Waals surface area contributed by atoms with E-state index in [9.17, 15) is 22.0 Å². The van der Waals surface area contributed by atoms with E-state index in [2.05, 4.69) is 4.72 Å². The summed E-state index contributed by atoms with van der Waals surface area (Å²) in [6, 6.07) is 7.79. The topological polar surface area (TPSA) is 73.1 Å². The van der Waals surface area contributed by atoms with Crippen LogP contribution in [0.4, 0.5) is 8.78 Å². The van der Waals surface area contributed by atoms with Crippen molar-refractivity contribution in [2.45, 2.75) is 36.7 Å². The molecule has 3 aromatic rings. The highest BCUT2D eigenvalue weighted by molar-refractivity contribution is 7.89. The molecular formula is C19H19F2N3O3S. The van der Waals surface area contributed by atoms with Gasteiger partial charge in [0.2, 0.25) is 10.0 Å². The average Bonchev–Trinajstić information content (AvgIpc) is 3.30. The van der Waals surface area contributed by atoms with Crippen molar-refractivity contribution in [3.63, 3.8) is 0 Å². The van der Waals surface area contributed by atoms with Crippen LogP contribution in [0, 0.1) is 11.6 Å². The number of hydrogen-bond donors (Lipinski definition) is 1. The van der Waals surface area contributed by atoms with Crippen molar-refractivity contribution < 1.29 is 17.2 Å². The molecule has 9 heteroatoms. The molecule has 1 saturated carbocycles. The quantitative estimate of drug-likeness (QED) is 0.706. The fraction of sp³-hybridized carbons (Fsp3) is 0.316. The molecule has 1 fully saturated rings. The lowest BCUT2D eigenvalue weighted by atomic mass is 10.2. The van der Waals surface area contributed by atoms with Gasteiger partial charge in [-0.25, -0.2) is 26.7 Å². The van der Waals surface area contributed by atoms with Gasteiger partial charge < -0.3 is 0 Å². The van der Waals surface area contributed by atoms with Gasteiger partial charge in [0.15, 0.2) is 0 Å². The third-order valence-corrected chi connectivity index (χ3v) is 6.82. The first-order valence-electron chi connectivity index (χ1n) is 8.77. The Morgan fingerprint density at radius 3 is 2.36 bits per heavy atom. The van der Waals surface area contributed by atoms with E-state index in [1.54, 1.807) is 0 Å². The molecule has 6 nitrogen and oxygen atoms in total. The molecule has 0 radical (unpaired) electrons. The summed E-state index contributed by atoms with van der Waals surface area (Å²) in [5.41, 5.74) is -0.378. The first-order valence-corrected chi connectivity index (χ1v) is 10.3. The Morgan fingerprint density at radius 1 is 1.11 bits per heavy atom. The lowest BCUT2D eigenvalue weighted by Gasteiger charge is -2.12. The van der Waals surface area contributed by atoms with E-state index in [-0.39, 0.29) is 17.0 Å². The maximum absolute atomic E-state index is 14.0. The van der Waals surface area contributed by atoms with E-state index in [0.29, 0.717) is 11.0 Å². The van der Waals surface area contributed by atoms with Crippen LogP contribution in [0.1, 0.15) is 25.3 Å². The zero-order chi connectivity index (χ0) is 20.3. The van der Waals surface area contributed by atoms with Crippen LogP contribution in [0.2, 0.25) is 0 Å². The van der Waals surface area contributed by atoms with E-state index < -0.39 is 32.9 Å². The number of hydrogen-bond acceptors (Lipinski definition) is 3. The lowest BCUT2D eigenvalue weighted by Crippen LogP contribution is -2.34. The second-order valence-corrected chi connectivity index (χ2v) is 9.13. The van der Waals surface area contributed by atoms with Crippen molar-refractivity contribution >= 4 is 21.1 Å². The number of fused-ring (bicyclic) bond motifs is 1. The van der Waals surface area contributed by atoms with Gasteiger partial charge in [0.05, 0.1) is 22.5 Å². The molecular weight excluding hydrogens is 388 g/mol. The predicted molar refractivity (Wildman–Crippen MR) is 101 cm³/mol. The van der Waals surface area contributed by atoms with Crippen molar-refractivity contribution in [1.29, 1.82) is 0 Å². The van der Waals surface area contributed by atoms with Gasteiger partial charge in [0.25, 0.3) is 0 Å². The van der Waals surface area contributed by atoms with Gasteiger partial charge >= 0.3 is 5.69 Å². The zero-order valence-electron chi connectivity index (χ0n) is 15.4. The van der Waals surface area contributed by atoms with Gasteiger partial charge in [0.1, 0.15) is 11.6 Å². The molecule has 1 aliphatic carbocycles. The molecule has 0 unspecified atom stereocenters. The summed E-state index contributed by atoms with van der Waals surface area (Å²) in [6.45, 7) is 1.54. The number of benzene rings is 2. The SMILES string of the molecule is Cn1c(=O)n(Cc2c(F)cccc2F)c2ccc(S(=O)(=O)NC3(C)CC3)cc21. The number of nitrogens with one attached hydrogen (secondary N) is 1. The zero-order valence-corrected chi connectivity index (χ0v) is 16.2. The first kappa shape index (κ1) is 18.8. The Hall–Kier alpha value is -2.52. The van der Waals surface area contributed by atoms with E-state index in [1.165, 1.54) is 40.4 Å². The molecule has 28 heavy (non-hydrogen) atoms. The van der Waals surface area contributed by atoms with Crippen molar-refractivity contribution in [3.8, 4) is 0 Å². The Kier molecular flexibility index (Phi) is 4.20. The highest BCUT2D eigenvalue weighted by Gasteiger charge is 2.41. The van der Waals surface area contributed by atoms with Gasteiger partial charge in [-0.2, -0.15) is 0 Å². The van der Waals surface area contributed by atoms with Crippen LogP contribution in [0.15, 0.2) is 46.1 Å². The van der Waals surface area contributed by atoms with Crippen LogP contribution in [0.25, 0.3) is 11.0 Å². The summed E-state index contributed by atoms with van der Waals surface area (Å²) in [5, 5.41) is 0. The van der Waals surface area contributed by atoms with Crippen LogP contribution in [0.5, 0.6) is 0 Å². The molecule has 0 aliphatic heterocycles. The van der Waals surface area contributed by atoms with E-state index in [0.717, 1.165) is 25.0 Å². The Labute approximate surface area is 160 Å². The highest BCUT2D eigenvalue weighted by atomic mass is 32.2. The van der Waals surface area contributed by atoms with Crippen LogP contribution in [0.3, 0.4) is 0 Å². The Morgan fingerprint density at radius 2 is 1.75 bits per heavy atom. The normalized spacial score (nSPS) is 15.9. The van der Waals surface area contributed by atoms with Gasteiger partial charge in [-0.1, -0.05) is 6.07 Å². The van der Waals surface area contributed by atoms with Crippen molar-refractivity contribution in [1.82, 2.24) is 13.9 Å². The lowest BCUT2D eigenvalue weighted by molar-refractivity contribution is 0.542. The summed E-state index contributed by atoms with van der Waals surface area (Å²) < 4.78 is 58.4. The third-order valence-electron chi connectivity index (χ3n) is 5.19. The monoisotopic (exact) mass is 407 g/mol. The van der Waals surface area contributed by atoms with Crippen molar-refractivity contribution in [3.05, 3.63) is 64.1 Å². The second kappa shape index (κ2) is 6.25. The molecule has 1 aromatic heterocycles. The molecule has 0 atom stereocenters. The largest absolute Gasteiger partial charge is 0.329 e. The van der Waals surface area contributed by atoms with Gasteiger partial charge in [-0.05, 0) is 50.1 Å².